The van der Waals surface area contributed by atoms with Gasteiger partial charge in [0.1, 0.15) is 18.0 Å². The lowest BCUT2D eigenvalue weighted by Crippen LogP contribution is -2.35. The van der Waals surface area contributed by atoms with Gasteiger partial charge in [-0.2, -0.15) is 23.7 Å². The van der Waals surface area contributed by atoms with Gasteiger partial charge in [0.15, 0.2) is 5.82 Å². The van der Waals surface area contributed by atoms with Crippen molar-refractivity contribution < 1.29 is 22.7 Å². The highest BCUT2D eigenvalue weighted by atomic mass is 19.4. The van der Waals surface area contributed by atoms with Gasteiger partial charge in [-0.25, -0.2) is 4.98 Å². The second kappa shape index (κ2) is 12.8. The van der Waals surface area contributed by atoms with E-state index in [2.05, 4.69) is 38.0 Å². The van der Waals surface area contributed by atoms with Gasteiger partial charge in [-0.05, 0) is 77.6 Å². The molecule has 2 aromatic heterocycles. The second-order valence-electron chi connectivity index (χ2n) is 11.6. The van der Waals surface area contributed by atoms with Crippen LogP contribution in [-0.2, 0) is 31.1 Å². The summed E-state index contributed by atoms with van der Waals surface area (Å²) >= 11 is 0. The first-order chi connectivity index (χ1) is 22.6. The molecule has 0 unspecified atom stereocenters. The van der Waals surface area contributed by atoms with Crippen LogP contribution < -0.4 is 15.5 Å². The Morgan fingerprint density at radius 1 is 1.09 bits per heavy atom. The largest absolute Gasteiger partial charge is 0.416 e. The number of amides is 1. The van der Waals surface area contributed by atoms with Gasteiger partial charge >= 0.3 is 6.18 Å². The lowest BCUT2D eigenvalue weighted by molar-refractivity contribution is -0.138. The Bertz CT molecular complexity index is 1920. The van der Waals surface area contributed by atoms with E-state index in [1.165, 1.54) is 18.1 Å². The Kier molecular flexibility index (Phi) is 8.64. The maximum absolute atomic E-state index is 14.3. The Hall–Kier alpha value is -5.31. The first-order valence-electron chi connectivity index (χ1n) is 14.9. The summed E-state index contributed by atoms with van der Waals surface area (Å²) in [7, 11) is 3.31. The minimum atomic E-state index is -4.69. The van der Waals surface area contributed by atoms with E-state index in [1.807, 2.05) is 0 Å². The molecule has 0 radical (unpaired) electrons. The molecule has 0 atom stereocenters. The van der Waals surface area contributed by atoms with Crippen molar-refractivity contribution in [1.29, 1.82) is 10.5 Å². The fourth-order valence-electron chi connectivity index (χ4n) is 5.92. The Morgan fingerprint density at radius 3 is 2.57 bits per heavy atom. The molecule has 4 aromatic rings. The normalized spacial score (nSPS) is 17.2. The quantitative estimate of drug-likeness (QED) is 0.227. The molecule has 11 nitrogen and oxygen atoms in total. The van der Waals surface area contributed by atoms with Gasteiger partial charge in [0.2, 0.25) is 0 Å². The molecular formula is C33H30F3N9O2. The molecular weight excluding hydrogens is 611 g/mol. The van der Waals surface area contributed by atoms with Gasteiger partial charge in [0.25, 0.3) is 5.91 Å². The average Bonchev–Trinajstić information content (AvgIpc) is 3.62. The molecule has 2 aliphatic rings. The number of fused-ring (bicyclic) bond motifs is 1. The number of methoxy groups -OCH3 is 1. The van der Waals surface area contributed by atoms with Crippen LogP contribution in [0.3, 0.4) is 0 Å². The molecule has 1 saturated carbocycles. The van der Waals surface area contributed by atoms with Crippen LogP contribution in [0, 0.1) is 28.6 Å². The number of nitriles is 2. The van der Waals surface area contributed by atoms with Crippen molar-refractivity contribution in [1.82, 2.24) is 25.1 Å². The molecule has 0 saturated heterocycles. The van der Waals surface area contributed by atoms with Crippen molar-refractivity contribution in [3.05, 3.63) is 76.6 Å². The topological polar surface area (TPSA) is 145 Å². The van der Waals surface area contributed by atoms with Gasteiger partial charge in [0.05, 0.1) is 42.3 Å². The summed E-state index contributed by atoms with van der Waals surface area (Å²) in [6.07, 6.45) is -1.93. The summed E-state index contributed by atoms with van der Waals surface area (Å²) in [4.78, 5) is 19.8. The Labute approximate surface area is 268 Å². The molecule has 1 amide bonds. The minimum absolute atomic E-state index is 0.0350. The number of pyridine rings is 1. The Morgan fingerprint density at radius 2 is 1.89 bits per heavy atom. The number of aromatic nitrogens is 4. The van der Waals surface area contributed by atoms with Crippen LogP contribution in [-0.4, -0.2) is 52.0 Å². The number of nitrogens with one attached hydrogen (secondary N) is 2. The number of benzene rings is 2. The predicted molar refractivity (Wildman–Crippen MR) is 166 cm³/mol. The number of halogens is 3. The first kappa shape index (κ1) is 31.7. The zero-order valence-electron chi connectivity index (χ0n) is 25.6. The molecule has 3 heterocycles. The van der Waals surface area contributed by atoms with Gasteiger partial charge < -0.3 is 19.9 Å². The van der Waals surface area contributed by atoms with Crippen LogP contribution in [0.4, 0.5) is 24.8 Å². The van der Waals surface area contributed by atoms with E-state index in [0.29, 0.717) is 65.5 Å². The molecule has 0 bridgehead atoms. The van der Waals surface area contributed by atoms with Gasteiger partial charge in [-0.3, -0.25) is 9.69 Å². The highest BCUT2D eigenvalue weighted by Crippen LogP contribution is 2.41. The predicted octanol–water partition coefficient (Wildman–Crippen LogP) is 5.05. The van der Waals surface area contributed by atoms with Crippen molar-refractivity contribution in [3.63, 3.8) is 0 Å². The summed E-state index contributed by atoms with van der Waals surface area (Å²) in [5.74, 6) is 0.361. The number of anilines is 2. The maximum Gasteiger partial charge on any atom is 0.416 e. The number of hydrogen-bond acceptors (Lipinski definition) is 9. The van der Waals surface area contributed by atoms with E-state index in [0.717, 1.165) is 6.07 Å². The third-order valence-corrected chi connectivity index (χ3v) is 8.39. The average molecular weight is 642 g/mol. The van der Waals surface area contributed by atoms with Crippen molar-refractivity contribution in [3.8, 4) is 34.7 Å². The third kappa shape index (κ3) is 6.38. The van der Waals surface area contributed by atoms with Crippen LogP contribution in [0.1, 0.15) is 45.5 Å². The fraction of sp³-hybridized carbons (Fsp3) is 0.333. The number of carbonyl (C=O) groups excluding carboxylic acids is 1. The molecule has 1 aliphatic carbocycles. The van der Waals surface area contributed by atoms with Gasteiger partial charge in [0, 0.05) is 44.4 Å². The second-order valence-corrected chi connectivity index (χ2v) is 11.6. The standard InChI is InChI=1S/C33H30F3N9O2/c1-44-18-40-43-31(44)24-4-3-19(14-37)9-25(24)22-12-29(41-23-7-20(8-23)15-38)42-30(13-22)45-17-27-26(32(45)46)10-21(16-39-5-6-47-2)11-28(27)33(34,35)36/h3-4,9-13,18,20,23,39H,5-8,16-17H2,1-2H3,(H,41,42)/t20-,23-. The van der Waals surface area contributed by atoms with Gasteiger partial charge in [-0.15, -0.1) is 10.2 Å². The summed E-state index contributed by atoms with van der Waals surface area (Å²) in [6.45, 7) is 0.612. The molecule has 240 valence electrons. The molecule has 2 aromatic carbocycles. The molecule has 6 rings (SSSR count). The van der Waals surface area contributed by atoms with Crippen molar-refractivity contribution in [2.75, 3.05) is 30.5 Å². The van der Waals surface area contributed by atoms with Crippen LogP contribution in [0.25, 0.3) is 22.5 Å². The zero-order chi connectivity index (χ0) is 33.3. The highest BCUT2D eigenvalue weighted by Gasteiger charge is 2.41. The summed E-state index contributed by atoms with van der Waals surface area (Å²) in [5, 5.41) is 33.6. The maximum atomic E-state index is 14.3. The van der Waals surface area contributed by atoms with Crippen LogP contribution in [0.2, 0.25) is 0 Å². The summed E-state index contributed by atoms with van der Waals surface area (Å²) in [5.41, 5.74) is 1.49. The van der Waals surface area contributed by atoms with E-state index in [9.17, 15) is 28.5 Å². The molecule has 2 N–H and O–H groups in total. The lowest BCUT2D eigenvalue weighted by atomic mass is 9.81. The molecule has 0 spiro atoms. The van der Waals surface area contributed by atoms with E-state index in [4.69, 9.17) is 4.74 Å². The molecule has 1 fully saturated rings. The highest BCUT2D eigenvalue weighted by molar-refractivity contribution is 6.10. The number of aryl methyl sites for hydroxylation is 1. The monoisotopic (exact) mass is 641 g/mol. The first-order valence-corrected chi connectivity index (χ1v) is 14.9. The number of ether oxygens (including phenoxy) is 1. The van der Waals surface area contributed by atoms with E-state index >= 15 is 0 Å². The van der Waals surface area contributed by atoms with Crippen LogP contribution >= 0.6 is 0 Å². The smallest absolute Gasteiger partial charge is 0.383 e. The summed E-state index contributed by atoms with van der Waals surface area (Å²) < 4.78 is 49.8. The minimum Gasteiger partial charge on any atom is -0.383 e. The summed E-state index contributed by atoms with van der Waals surface area (Å²) in [6, 6.07) is 15.4. The fourth-order valence-corrected chi connectivity index (χ4v) is 5.92. The number of carbonyl (C=O) groups is 1. The number of hydrogen-bond donors (Lipinski definition) is 2. The van der Waals surface area contributed by atoms with E-state index in [-0.39, 0.29) is 42.0 Å². The van der Waals surface area contributed by atoms with Crippen LogP contribution in [0.5, 0.6) is 0 Å². The zero-order valence-corrected chi connectivity index (χ0v) is 25.6. The molecule has 1 aliphatic heterocycles. The number of nitrogens with zero attached hydrogens (tertiary/aromatic N) is 7. The molecule has 47 heavy (non-hydrogen) atoms. The third-order valence-electron chi connectivity index (χ3n) is 8.39. The Balaban J connectivity index is 1.44. The van der Waals surface area contributed by atoms with Crippen LogP contribution in [0.15, 0.2) is 48.8 Å². The van der Waals surface area contributed by atoms with Crippen molar-refractivity contribution >= 4 is 17.5 Å². The van der Waals surface area contributed by atoms with Crippen molar-refractivity contribution in [2.24, 2.45) is 13.0 Å². The number of rotatable bonds is 10. The van der Waals surface area contributed by atoms with Crippen molar-refractivity contribution in [2.45, 2.75) is 38.1 Å². The van der Waals surface area contributed by atoms with E-state index < -0.39 is 17.6 Å². The van der Waals surface area contributed by atoms with E-state index in [1.54, 1.807) is 48.3 Å². The van der Waals surface area contributed by atoms with Gasteiger partial charge in [-0.1, -0.05) is 0 Å². The lowest BCUT2D eigenvalue weighted by Gasteiger charge is -2.32. The SMILES string of the molecule is COCCNCc1cc2c(c(C(F)(F)F)c1)CN(c1cc(-c3cc(C#N)ccc3-c3nncn3C)cc(N[C@H]3C[C@H](C#N)C3)n1)C2=O. The molecule has 14 heteroatoms. The number of alkyl halides is 3.